The number of rotatable bonds is 9. The molecule has 1 aliphatic heterocycles. The molecule has 1 spiro atoms. The predicted octanol–water partition coefficient (Wildman–Crippen LogP) is 9.05. The Morgan fingerprint density at radius 2 is 1.91 bits per heavy atom. The minimum Gasteiger partial charge on any atom is -0.493 e. The number of aryl methyl sites for hydroxylation is 1. The first-order valence-electron chi connectivity index (χ1n) is 17.7. The van der Waals surface area contributed by atoms with E-state index in [1.807, 2.05) is 30.5 Å². The van der Waals surface area contributed by atoms with Crippen LogP contribution < -0.4 is 15.0 Å². The van der Waals surface area contributed by atoms with E-state index in [4.69, 9.17) is 16.3 Å². The molecule has 7 rings (SSSR count). The zero-order valence-electron chi connectivity index (χ0n) is 28.4. The van der Waals surface area contributed by atoms with E-state index in [-0.39, 0.29) is 5.41 Å². The van der Waals surface area contributed by atoms with E-state index in [1.54, 1.807) is 0 Å². The Labute approximate surface area is 285 Å². The molecule has 3 aromatic rings. The zero-order valence-corrected chi connectivity index (χ0v) is 29.2. The van der Waals surface area contributed by atoms with Crippen molar-refractivity contribution in [2.24, 2.45) is 17.3 Å². The number of aromatic nitrogens is 1. The maximum absolute atomic E-state index is 12.9. The molecule has 3 aliphatic carbocycles. The van der Waals surface area contributed by atoms with Gasteiger partial charge < -0.3 is 20.1 Å². The van der Waals surface area contributed by atoms with E-state index in [1.165, 1.54) is 40.9 Å². The van der Waals surface area contributed by atoms with Crippen molar-refractivity contribution in [2.75, 3.05) is 29.9 Å². The number of carboxylic acids is 1. The molecule has 1 aromatic heterocycles. The number of nitrogens with zero attached hydrogens (tertiary/aromatic N) is 2. The number of nitrogens with one attached hydrogen (secondary N) is 1. The van der Waals surface area contributed by atoms with Gasteiger partial charge in [0, 0.05) is 46.9 Å². The second-order valence-electron chi connectivity index (χ2n) is 16.1. The highest BCUT2D eigenvalue weighted by atomic mass is 35.5. The standard InChI is InChI=1S/C40H50ClN3O3/c1-26(23-47-35-13-18-42-34-10-5-7-27(2)36(34)35)19-29-20-28-11-12-32(44-24-38(3,4)25-44)22-33(28)39(29)14-16-40(17-15-39,37(45)46)43-31-9-6-8-30(41)21-31/h6,8-9,11-13,18,21-22,26-27,29,43H,5,7,10,14-17,19-20,23-25H2,1-4H3,(H,45,46)/t26-,27-,29-,39?,40?/m1/s1. The van der Waals surface area contributed by atoms with Crippen molar-refractivity contribution in [1.82, 2.24) is 4.98 Å². The van der Waals surface area contributed by atoms with Gasteiger partial charge in [-0.2, -0.15) is 0 Å². The Balaban J connectivity index is 1.14. The number of hydrogen-bond acceptors (Lipinski definition) is 5. The van der Waals surface area contributed by atoms with Crippen LogP contribution in [0.15, 0.2) is 54.7 Å². The molecule has 3 atom stereocenters. The van der Waals surface area contributed by atoms with Crippen molar-refractivity contribution in [2.45, 2.75) is 102 Å². The number of pyridine rings is 1. The maximum Gasteiger partial charge on any atom is 0.329 e. The Kier molecular flexibility index (Phi) is 8.47. The molecule has 0 radical (unpaired) electrons. The van der Waals surface area contributed by atoms with Gasteiger partial charge in [0.05, 0.1) is 6.61 Å². The van der Waals surface area contributed by atoms with Gasteiger partial charge in [-0.1, -0.05) is 51.4 Å². The van der Waals surface area contributed by atoms with Crippen molar-refractivity contribution < 1.29 is 14.6 Å². The number of ether oxygens (including phenoxy) is 1. The van der Waals surface area contributed by atoms with Gasteiger partial charge in [0.25, 0.3) is 0 Å². The summed E-state index contributed by atoms with van der Waals surface area (Å²) in [6.07, 6.45) is 10.2. The third kappa shape index (κ3) is 6.11. The highest BCUT2D eigenvalue weighted by molar-refractivity contribution is 6.30. The molecule has 1 saturated heterocycles. The van der Waals surface area contributed by atoms with E-state index >= 15 is 0 Å². The molecular formula is C40H50ClN3O3. The molecule has 47 heavy (non-hydrogen) atoms. The van der Waals surface area contributed by atoms with Gasteiger partial charge in [0.1, 0.15) is 11.3 Å². The van der Waals surface area contributed by atoms with Gasteiger partial charge in [0.15, 0.2) is 0 Å². The molecule has 6 nitrogen and oxygen atoms in total. The van der Waals surface area contributed by atoms with E-state index in [0.717, 1.165) is 56.6 Å². The fraction of sp³-hybridized carbons (Fsp3) is 0.550. The lowest BCUT2D eigenvalue weighted by molar-refractivity contribution is -0.144. The van der Waals surface area contributed by atoms with Crippen LogP contribution in [-0.4, -0.2) is 41.3 Å². The van der Waals surface area contributed by atoms with Crippen LogP contribution in [0, 0.1) is 17.3 Å². The van der Waals surface area contributed by atoms with Gasteiger partial charge in [-0.25, -0.2) is 4.79 Å². The maximum atomic E-state index is 12.9. The van der Waals surface area contributed by atoms with Crippen LogP contribution in [0.1, 0.15) is 101 Å². The highest BCUT2D eigenvalue weighted by Crippen LogP contribution is 2.57. The van der Waals surface area contributed by atoms with Crippen LogP contribution in [-0.2, 0) is 23.1 Å². The van der Waals surface area contributed by atoms with E-state index in [0.29, 0.717) is 47.6 Å². The minimum atomic E-state index is -1.02. The quantitative estimate of drug-likeness (QED) is 0.240. The summed E-state index contributed by atoms with van der Waals surface area (Å²) >= 11 is 6.29. The molecule has 0 unspecified atom stereocenters. The third-order valence-electron chi connectivity index (χ3n) is 11.9. The molecule has 2 fully saturated rings. The van der Waals surface area contributed by atoms with Gasteiger partial charge in [-0.05, 0) is 134 Å². The number of hydrogen-bond donors (Lipinski definition) is 2. The largest absolute Gasteiger partial charge is 0.493 e. The molecule has 2 N–H and O–H groups in total. The first-order chi connectivity index (χ1) is 22.5. The zero-order chi connectivity index (χ0) is 33.0. The predicted molar refractivity (Wildman–Crippen MR) is 190 cm³/mol. The second-order valence-corrected chi connectivity index (χ2v) is 16.5. The van der Waals surface area contributed by atoms with E-state index in [2.05, 4.69) is 67.2 Å². The topological polar surface area (TPSA) is 74.7 Å². The van der Waals surface area contributed by atoms with Crippen molar-refractivity contribution in [1.29, 1.82) is 0 Å². The summed E-state index contributed by atoms with van der Waals surface area (Å²) in [6.45, 7) is 12.1. The number of aliphatic carboxylic acids is 1. The summed E-state index contributed by atoms with van der Waals surface area (Å²) in [5.41, 5.74) is 6.75. The fourth-order valence-electron chi connectivity index (χ4n) is 9.45. The Morgan fingerprint density at radius 1 is 1.13 bits per heavy atom. The van der Waals surface area contributed by atoms with Crippen molar-refractivity contribution >= 4 is 28.9 Å². The normalized spacial score (nSPS) is 28.2. The van der Waals surface area contributed by atoms with Crippen LogP contribution in [0.5, 0.6) is 5.75 Å². The van der Waals surface area contributed by atoms with Gasteiger partial charge in [0.2, 0.25) is 0 Å². The lowest BCUT2D eigenvalue weighted by Crippen LogP contribution is -2.53. The lowest BCUT2D eigenvalue weighted by Gasteiger charge is -2.49. The van der Waals surface area contributed by atoms with Crippen molar-refractivity contribution in [3.8, 4) is 5.75 Å². The minimum absolute atomic E-state index is 0.0563. The average Bonchev–Trinajstić information content (AvgIpc) is 3.31. The molecule has 7 heteroatoms. The molecular weight excluding hydrogens is 606 g/mol. The average molecular weight is 656 g/mol. The fourth-order valence-corrected chi connectivity index (χ4v) is 9.64. The van der Waals surface area contributed by atoms with Gasteiger partial charge in [-0.3, -0.25) is 4.98 Å². The Hall–Kier alpha value is -3.25. The summed E-state index contributed by atoms with van der Waals surface area (Å²) in [7, 11) is 0. The Morgan fingerprint density at radius 3 is 2.64 bits per heavy atom. The molecule has 0 amide bonds. The molecule has 4 aliphatic rings. The Bertz CT molecular complexity index is 1640. The number of anilines is 2. The summed E-state index contributed by atoms with van der Waals surface area (Å²) in [5, 5.41) is 14.7. The summed E-state index contributed by atoms with van der Waals surface area (Å²) in [6, 6.07) is 16.6. The van der Waals surface area contributed by atoms with Crippen LogP contribution in [0.2, 0.25) is 5.02 Å². The number of benzene rings is 2. The van der Waals surface area contributed by atoms with Crippen LogP contribution >= 0.6 is 11.6 Å². The first-order valence-corrected chi connectivity index (χ1v) is 18.1. The van der Waals surface area contributed by atoms with Crippen molar-refractivity contribution in [3.63, 3.8) is 0 Å². The van der Waals surface area contributed by atoms with E-state index in [9.17, 15) is 9.90 Å². The molecule has 1 saturated carbocycles. The molecule has 2 heterocycles. The van der Waals surface area contributed by atoms with E-state index < -0.39 is 11.5 Å². The number of carbonyl (C=O) groups is 1. The van der Waals surface area contributed by atoms with Crippen LogP contribution in [0.3, 0.4) is 0 Å². The monoisotopic (exact) mass is 655 g/mol. The smallest absolute Gasteiger partial charge is 0.329 e. The summed E-state index contributed by atoms with van der Waals surface area (Å²) < 4.78 is 6.59. The SMILES string of the molecule is C[C@@H](COc1ccnc2c1[C@H](C)CCC2)C[C@@H]1Cc2ccc(N3CC(C)(C)C3)cc2C12CCC(Nc1cccc(Cl)c1)(C(=O)O)CC2. The van der Waals surface area contributed by atoms with Gasteiger partial charge >= 0.3 is 5.97 Å². The first kappa shape index (κ1) is 32.3. The third-order valence-corrected chi connectivity index (χ3v) is 12.1. The number of fused-ring (bicyclic) bond motifs is 3. The molecule has 2 aromatic carbocycles. The second kappa shape index (κ2) is 12.3. The number of halogens is 1. The van der Waals surface area contributed by atoms with Crippen molar-refractivity contribution in [3.05, 3.63) is 82.1 Å². The summed E-state index contributed by atoms with van der Waals surface area (Å²) in [5.74, 6) is 1.50. The summed E-state index contributed by atoms with van der Waals surface area (Å²) in [4.78, 5) is 20.1. The molecule has 0 bridgehead atoms. The number of carboxylic acid groups (broad SMARTS) is 1. The van der Waals surface area contributed by atoms with Gasteiger partial charge in [-0.15, -0.1) is 0 Å². The van der Waals surface area contributed by atoms with Crippen LogP contribution in [0.25, 0.3) is 0 Å². The lowest BCUT2D eigenvalue weighted by atomic mass is 9.59. The van der Waals surface area contributed by atoms with Crippen LogP contribution in [0.4, 0.5) is 11.4 Å². The highest BCUT2D eigenvalue weighted by Gasteiger charge is 2.54. The molecule has 250 valence electrons.